The van der Waals surface area contributed by atoms with Gasteiger partial charge < -0.3 is 5.73 Å². The lowest BCUT2D eigenvalue weighted by Crippen LogP contribution is -2.07. The van der Waals surface area contributed by atoms with Gasteiger partial charge in [-0.05, 0) is 12.1 Å². The Morgan fingerprint density at radius 3 is 2.81 bits per heavy atom. The van der Waals surface area contributed by atoms with Gasteiger partial charge in [0.2, 0.25) is 0 Å². The van der Waals surface area contributed by atoms with Gasteiger partial charge in [-0.2, -0.15) is 0 Å². The predicted molar refractivity (Wildman–Crippen MR) is 57.3 cm³/mol. The maximum Gasteiger partial charge on any atom is 0.184 e. The second-order valence-corrected chi connectivity index (χ2v) is 3.37. The van der Waals surface area contributed by atoms with Crippen molar-refractivity contribution in [2.75, 3.05) is 5.73 Å². The van der Waals surface area contributed by atoms with E-state index in [1.54, 1.807) is 6.20 Å². The van der Waals surface area contributed by atoms with Crippen LogP contribution in [-0.4, -0.2) is 9.55 Å². The lowest BCUT2D eigenvalue weighted by molar-refractivity contribution is 0.504. The van der Waals surface area contributed by atoms with Gasteiger partial charge in [-0.3, -0.25) is 4.57 Å². The summed E-state index contributed by atoms with van der Waals surface area (Å²) in [7, 11) is 0. The van der Waals surface area contributed by atoms with Crippen molar-refractivity contribution < 1.29 is 8.78 Å². The minimum Gasteiger partial charge on any atom is -0.397 e. The molecule has 0 aliphatic rings. The van der Waals surface area contributed by atoms with Gasteiger partial charge in [0.1, 0.15) is 11.5 Å². The minimum atomic E-state index is -0.951. The van der Waals surface area contributed by atoms with Crippen molar-refractivity contribution in [2.24, 2.45) is 0 Å². The average molecular weight is 223 g/mol. The van der Waals surface area contributed by atoms with Crippen LogP contribution in [-0.2, 0) is 6.42 Å². The van der Waals surface area contributed by atoms with E-state index in [-0.39, 0.29) is 11.4 Å². The summed E-state index contributed by atoms with van der Waals surface area (Å²) >= 11 is 0. The summed E-state index contributed by atoms with van der Waals surface area (Å²) in [5.41, 5.74) is 5.86. The maximum absolute atomic E-state index is 13.6. The van der Waals surface area contributed by atoms with Crippen LogP contribution in [0.2, 0.25) is 0 Å². The Morgan fingerprint density at radius 2 is 2.12 bits per heavy atom. The van der Waals surface area contributed by atoms with Gasteiger partial charge in [-0.1, -0.05) is 6.92 Å². The van der Waals surface area contributed by atoms with E-state index in [1.165, 1.54) is 16.8 Å². The normalized spacial score (nSPS) is 10.7. The van der Waals surface area contributed by atoms with E-state index >= 15 is 0 Å². The quantitative estimate of drug-likeness (QED) is 0.794. The summed E-state index contributed by atoms with van der Waals surface area (Å²) in [6.45, 7) is 1.88. The molecular formula is C11H11F2N3. The van der Waals surface area contributed by atoms with Gasteiger partial charge in [-0.25, -0.2) is 13.8 Å². The van der Waals surface area contributed by atoms with Gasteiger partial charge in [0.15, 0.2) is 11.6 Å². The van der Waals surface area contributed by atoms with Crippen molar-refractivity contribution in [3.63, 3.8) is 0 Å². The van der Waals surface area contributed by atoms with E-state index in [9.17, 15) is 8.78 Å². The van der Waals surface area contributed by atoms with E-state index < -0.39 is 11.6 Å². The van der Waals surface area contributed by atoms with E-state index in [0.29, 0.717) is 12.2 Å². The van der Waals surface area contributed by atoms with E-state index in [0.717, 1.165) is 6.07 Å². The SMILES string of the molecule is CCc1nccn1-c1c(N)ccc(F)c1F. The van der Waals surface area contributed by atoms with Crippen LogP contribution >= 0.6 is 0 Å². The number of imidazole rings is 1. The molecule has 3 nitrogen and oxygen atoms in total. The molecule has 2 N–H and O–H groups in total. The third-order valence-electron chi connectivity index (χ3n) is 2.37. The fourth-order valence-corrected chi connectivity index (χ4v) is 1.60. The molecule has 0 fully saturated rings. The number of nitrogens with zero attached hydrogens (tertiary/aromatic N) is 2. The Kier molecular flexibility index (Phi) is 2.60. The first-order chi connectivity index (χ1) is 7.65. The zero-order valence-electron chi connectivity index (χ0n) is 8.74. The highest BCUT2D eigenvalue weighted by Crippen LogP contribution is 2.24. The number of nitrogen functional groups attached to an aromatic ring is 1. The molecule has 0 saturated heterocycles. The van der Waals surface area contributed by atoms with E-state index in [4.69, 9.17) is 5.73 Å². The average Bonchev–Trinajstić information content (AvgIpc) is 2.72. The highest BCUT2D eigenvalue weighted by Gasteiger charge is 2.15. The summed E-state index contributed by atoms with van der Waals surface area (Å²) in [6, 6.07) is 2.35. The lowest BCUT2D eigenvalue weighted by atomic mass is 10.2. The monoisotopic (exact) mass is 223 g/mol. The molecule has 0 bridgehead atoms. The zero-order chi connectivity index (χ0) is 11.7. The number of hydrogen-bond donors (Lipinski definition) is 1. The number of benzene rings is 1. The third-order valence-corrected chi connectivity index (χ3v) is 2.37. The molecular weight excluding hydrogens is 212 g/mol. The second kappa shape index (κ2) is 3.92. The number of hydrogen-bond acceptors (Lipinski definition) is 2. The van der Waals surface area contributed by atoms with Crippen LogP contribution in [0.3, 0.4) is 0 Å². The number of anilines is 1. The molecule has 0 aliphatic heterocycles. The fraction of sp³-hybridized carbons (Fsp3) is 0.182. The summed E-state index contributed by atoms with van der Waals surface area (Å²) in [4.78, 5) is 4.04. The van der Waals surface area contributed by atoms with Crippen LogP contribution in [0.15, 0.2) is 24.5 Å². The van der Waals surface area contributed by atoms with Crippen LogP contribution in [0.4, 0.5) is 14.5 Å². The predicted octanol–water partition coefficient (Wildman–Crippen LogP) is 2.30. The summed E-state index contributed by atoms with van der Waals surface area (Å²) < 4.78 is 28.2. The summed E-state index contributed by atoms with van der Waals surface area (Å²) in [6.07, 6.45) is 3.71. The van der Waals surface area contributed by atoms with Gasteiger partial charge in [0, 0.05) is 18.8 Å². The molecule has 0 amide bonds. The topological polar surface area (TPSA) is 43.8 Å². The first-order valence-electron chi connectivity index (χ1n) is 4.91. The van der Waals surface area contributed by atoms with Crippen molar-refractivity contribution in [1.82, 2.24) is 9.55 Å². The summed E-state index contributed by atoms with van der Waals surface area (Å²) in [5, 5.41) is 0. The molecule has 1 aromatic carbocycles. The van der Waals surface area contributed by atoms with Crippen LogP contribution in [0.1, 0.15) is 12.7 Å². The van der Waals surface area contributed by atoms with E-state index in [2.05, 4.69) is 4.98 Å². The molecule has 0 saturated carbocycles. The minimum absolute atomic E-state index is 0.0225. The molecule has 2 rings (SSSR count). The summed E-state index contributed by atoms with van der Waals surface area (Å²) in [5.74, 6) is -1.23. The number of aromatic nitrogens is 2. The molecule has 0 aliphatic carbocycles. The number of halogens is 2. The molecule has 0 radical (unpaired) electrons. The van der Waals surface area contributed by atoms with Crippen LogP contribution in [0, 0.1) is 11.6 Å². The van der Waals surface area contributed by atoms with Crippen molar-refractivity contribution in [3.8, 4) is 5.69 Å². The zero-order valence-corrected chi connectivity index (χ0v) is 8.74. The smallest absolute Gasteiger partial charge is 0.184 e. The van der Waals surface area contributed by atoms with E-state index in [1.807, 2.05) is 6.92 Å². The maximum atomic E-state index is 13.6. The van der Waals surface area contributed by atoms with Crippen molar-refractivity contribution in [1.29, 1.82) is 0 Å². The van der Waals surface area contributed by atoms with Gasteiger partial charge in [0.25, 0.3) is 0 Å². The van der Waals surface area contributed by atoms with Crippen molar-refractivity contribution in [2.45, 2.75) is 13.3 Å². The second-order valence-electron chi connectivity index (χ2n) is 3.37. The highest BCUT2D eigenvalue weighted by molar-refractivity contribution is 5.59. The molecule has 2 aromatic rings. The number of rotatable bonds is 2. The first-order valence-corrected chi connectivity index (χ1v) is 4.91. The van der Waals surface area contributed by atoms with Crippen molar-refractivity contribution >= 4 is 5.69 Å². The molecule has 16 heavy (non-hydrogen) atoms. The lowest BCUT2D eigenvalue weighted by Gasteiger charge is -2.11. The Bertz CT molecular complexity index is 520. The van der Waals surface area contributed by atoms with Gasteiger partial charge in [0.05, 0.1) is 5.69 Å². The highest BCUT2D eigenvalue weighted by atomic mass is 19.2. The molecule has 5 heteroatoms. The van der Waals surface area contributed by atoms with Crippen LogP contribution in [0.5, 0.6) is 0 Å². The molecule has 0 unspecified atom stereocenters. The molecule has 0 spiro atoms. The van der Waals surface area contributed by atoms with Crippen LogP contribution in [0.25, 0.3) is 5.69 Å². The Morgan fingerprint density at radius 1 is 1.38 bits per heavy atom. The standard InChI is InChI=1S/C11H11F2N3/c1-2-9-15-5-6-16(9)11-8(14)4-3-7(12)10(11)13/h3-6H,2,14H2,1H3. The van der Waals surface area contributed by atoms with Crippen LogP contribution < -0.4 is 5.73 Å². The molecule has 0 atom stereocenters. The van der Waals surface area contributed by atoms with Gasteiger partial charge in [-0.15, -0.1) is 0 Å². The Labute approximate surface area is 91.5 Å². The third kappa shape index (κ3) is 1.54. The molecule has 1 aromatic heterocycles. The van der Waals surface area contributed by atoms with Crippen molar-refractivity contribution in [3.05, 3.63) is 42.0 Å². The van der Waals surface area contributed by atoms with Gasteiger partial charge >= 0.3 is 0 Å². The Hall–Kier alpha value is -1.91. The molecule has 1 heterocycles. The molecule has 84 valence electrons. The number of aryl methyl sites for hydroxylation is 1. The number of nitrogens with two attached hydrogens (primary N) is 1. The largest absolute Gasteiger partial charge is 0.397 e. The first kappa shape index (κ1) is 10.6. The Balaban J connectivity index is 2.68. The fourth-order valence-electron chi connectivity index (χ4n) is 1.60.